The van der Waals surface area contributed by atoms with E-state index in [1.165, 1.54) is 39.2 Å². The van der Waals surface area contributed by atoms with Crippen LogP contribution >= 0.6 is 11.8 Å². The molecule has 0 spiro atoms. The molecular weight excluding hydrogens is 256 g/mol. The lowest BCUT2D eigenvalue weighted by Gasteiger charge is -2.17. The van der Waals surface area contributed by atoms with E-state index in [0.717, 1.165) is 0 Å². The topological polar surface area (TPSA) is 65.0 Å². The first-order valence-electron chi connectivity index (χ1n) is 5.14. The van der Waals surface area contributed by atoms with Crippen molar-refractivity contribution in [3.05, 3.63) is 17.2 Å². The van der Waals surface area contributed by atoms with E-state index in [0.29, 0.717) is 28.6 Å². The number of carboxylic acids is 1. The third-order valence-electron chi connectivity index (χ3n) is 2.45. The molecule has 18 heavy (non-hydrogen) atoms. The molecule has 5 nitrogen and oxygen atoms in total. The Labute approximate surface area is 110 Å². The molecule has 1 N–H and O–H groups in total. The number of ether oxygens (including phenoxy) is 3. The van der Waals surface area contributed by atoms with Crippen LogP contribution in [0.1, 0.15) is 15.9 Å². The number of benzene rings is 1. The zero-order valence-electron chi connectivity index (χ0n) is 10.8. The number of methoxy groups -OCH3 is 3. The molecule has 0 radical (unpaired) electrons. The summed E-state index contributed by atoms with van der Waals surface area (Å²) in [4.78, 5) is 11.3. The lowest BCUT2D eigenvalue weighted by Crippen LogP contribution is -2.07. The Morgan fingerprint density at radius 2 is 1.83 bits per heavy atom. The minimum absolute atomic E-state index is 0.166. The summed E-state index contributed by atoms with van der Waals surface area (Å²) in [5.74, 6) is 0.665. The number of hydrogen-bond donors (Lipinski definition) is 1. The largest absolute Gasteiger partial charge is 0.493 e. The van der Waals surface area contributed by atoms with Crippen molar-refractivity contribution in [2.24, 2.45) is 0 Å². The minimum Gasteiger partial charge on any atom is -0.493 e. The van der Waals surface area contributed by atoms with Crippen LogP contribution in [-0.4, -0.2) is 38.7 Å². The fourth-order valence-corrected chi connectivity index (χ4v) is 2.27. The van der Waals surface area contributed by atoms with Gasteiger partial charge in [0.25, 0.3) is 0 Å². The van der Waals surface area contributed by atoms with Gasteiger partial charge in [-0.15, -0.1) is 0 Å². The first-order valence-corrected chi connectivity index (χ1v) is 6.54. The molecule has 0 saturated heterocycles. The smallest absolute Gasteiger partial charge is 0.336 e. The molecule has 6 heteroatoms. The number of rotatable bonds is 6. The molecule has 1 rings (SSSR count). The highest BCUT2D eigenvalue weighted by Gasteiger charge is 2.23. The van der Waals surface area contributed by atoms with Crippen molar-refractivity contribution in [2.75, 3.05) is 27.6 Å². The maximum Gasteiger partial charge on any atom is 0.336 e. The maximum absolute atomic E-state index is 11.3. The summed E-state index contributed by atoms with van der Waals surface area (Å²) < 4.78 is 15.6. The molecule has 0 saturated carbocycles. The Kier molecular flexibility index (Phi) is 5.15. The molecule has 0 aliphatic carbocycles. The number of thioether (sulfide) groups is 1. The van der Waals surface area contributed by atoms with Crippen molar-refractivity contribution in [1.29, 1.82) is 0 Å². The van der Waals surface area contributed by atoms with Crippen LogP contribution in [0.4, 0.5) is 0 Å². The molecule has 0 aliphatic rings. The summed E-state index contributed by atoms with van der Waals surface area (Å²) in [5.41, 5.74) is 0.758. The van der Waals surface area contributed by atoms with Crippen molar-refractivity contribution >= 4 is 17.7 Å². The standard InChI is InChI=1S/C12H16O5S/c1-15-9-5-7(12(13)14)8(6-18-4)10(16-2)11(9)17-3/h5H,6H2,1-4H3,(H,13,14). The van der Waals surface area contributed by atoms with E-state index in [2.05, 4.69) is 0 Å². The first-order chi connectivity index (χ1) is 8.60. The van der Waals surface area contributed by atoms with Crippen LogP contribution in [0.3, 0.4) is 0 Å². The normalized spacial score (nSPS) is 10.0. The van der Waals surface area contributed by atoms with Crippen molar-refractivity contribution in [1.82, 2.24) is 0 Å². The predicted octanol–water partition coefficient (Wildman–Crippen LogP) is 2.27. The first kappa shape index (κ1) is 14.5. The van der Waals surface area contributed by atoms with Gasteiger partial charge in [-0.2, -0.15) is 11.8 Å². The van der Waals surface area contributed by atoms with Gasteiger partial charge in [0, 0.05) is 11.3 Å². The van der Waals surface area contributed by atoms with Gasteiger partial charge in [0.15, 0.2) is 11.5 Å². The van der Waals surface area contributed by atoms with Gasteiger partial charge < -0.3 is 19.3 Å². The fourth-order valence-electron chi connectivity index (χ4n) is 1.69. The zero-order valence-corrected chi connectivity index (χ0v) is 11.6. The number of carboxylic acid groups (broad SMARTS) is 1. The summed E-state index contributed by atoms with van der Waals surface area (Å²) in [6, 6.07) is 1.45. The molecule has 100 valence electrons. The average Bonchev–Trinajstić information content (AvgIpc) is 2.37. The van der Waals surface area contributed by atoms with Gasteiger partial charge in [0.2, 0.25) is 5.75 Å². The summed E-state index contributed by atoms with van der Waals surface area (Å²) in [6.45, 7) is 0. The van der Waals surface area contributed by atoms with Crippen LogP contribution in [0.25, 0.3) is 0 Å². The monoisotopic (exact) mass is 272 g/mol. The lowest BCUT2D eigenvalue weighted by molar-refractivity contribution is 0.0695. The van der Waals surface area contributed by atoms with Crippen LogP contribution < -0.4 is 14.2 Å². The molecule has 0 unspecified atom stereocenters. The molecule has 1 aromatic rings. The van der Waals surface area contributed by atoms with E-state index in [1.807, 2.05) is 6.26 Å². The van der Waals surface area contributed by atoms with E-state index in [4.69, 9.17) is 14.2 Å². The van der Waals surface area contributed by atoms with Crippen LogP contribution in [0.2, 0.25) is 0 Å². The maximum atomic E-state index is 11.3. The van der Waals surface area contributed by atoms with E-state index in [9.17, 15) is 9.90 Å². The van der Waals surface area contributed by atoms with Crippen LogP contribution in [-0.2, 0) is 5.75 Å². The molecule has 0 heterocycles. The molecule has 0 amide bonds. The molecule has 0 aromatic heterocycles. The summed E-state index contributed by atoms with van der Waals surface area (Å²) in [7, 11) is 4.42. The minimum atomic E-state index is -1.02. The Morgan fingerprint density at radius 3 is 2.22 bits per heavy atom. The Balaban J connectivity index is 3.57. The summed E-state index contributed by atoms with van der Waals surface area (Å²) >= 11 is 1.51. The third-order valence-corrected chi connectivity index (χ3v) is 3.03. The van der Waals surface area contributed by atoms with Crippen LogP contribution in [0, 0.1) is 0 Å². The van der Waals surface area contributed by atoms with Crippen LogP contribution in [0.5, 0.6) is 17.2 Å². The van der Waals surface area contributed by atoms with Crippen LogP contribution in [0.15, 0.2) is 6.07 Å². The van der Waals surface area contributed by atoms with Gasteiger partial charge in [-0.1, -0.05) is 0 Å². The Hall–Kier alpha value is -1.56. The van der Waals surface area contributed by atoms with Crippen molar-refractivity contribution in [3.63, 3.8) is 0 Å². The summed E-state index contributed by atoms with van der Waals surface area (Å²) in [6.07, 6.45) is 1.89. The van der Waals surface area contributed by atoms with Crippen molar-refractivity contribution in [3.8, 4) is 17.2 Å². The number of aromatic carboxylic acids is 1. The molecule has 0 atom stereocenters. The highest BCUT2D eigenvalue weighted by atomic mass is 32.2. The highest BCUT2D eigenvalue weighted by Crippen LogP contribution is 2.43. The van der Waals surface area contributed by atoms with Gasteiger partial charge in [-0.25, -0.2) is 4.79 Å². The zero-order chi connectivity index (χ0) is 13.7. The van der Waals surface area contributed by atoms with E-state index < -0.39 is 5.97 Å². The van der Waals surface area contributed by atoms with E-state index in [1.54, 1.807) is 0 Å². The van der Waals surface area contributed by atoms with E-state index in [-0.39, 0.29) is 5.56 Å². The second-order valence-electron chi connectivity index (χ2n) is 3.41. The number of carbonyl (C=O) groups is 1. The Morgan fingerprint density at radius 1 is 1.22 bits per heavy atom. The number of hydrogen-bond acceptors (Lipinski definition) is 5. The Bertz CT molecular complexity index is 445. The van der Waals surface area contributed by atoms with Crippen molar-refractivity contribution < 1.29 is 24.1 Å². The lowest BCUT2D eigenvalue weighted by atomic mass is 10.1. The SMILES string of the molecule is COc1cc(C(=O)O)c(CSC)c(OC)c1OC. The van der Waals surface area contributed by atoms with Gasteiger partial charge in [-0.3, -0.25) is 0 Å². The van der Waals surface area contributed by atoms with Gasteiger partial charge >= 0.3 is 5.97 Å². The van der Waals surface area contributed by atoms with Gasteiger partial charge in [-0.05, 0) is 12.3 Å². The van der Waals surface area contributed by atoms with Gasteiger partial charge in [0.05, 0.1) is 26.9 Å². The molecule has 0 aliphatic heterocycles. The van der Waals surface area contributed by atoms with Gasteiger partial charge in [0.1, 0.15) is 0 Å². The molecule has 1 aromatic carbocycles. The predicted molar refractivity (Wildman–Crippen MR) is 70.3 cm³/mol. The van der Waals surface area contributed by atoms with Crippen molar-refractivity contribution in [2.45, 2.75) is 5.75 Å². The second kappa shape index (κ2) is 6.39. The average molecular weight is 272 g/mol. The quantitative estimate of drug-likeness (QED) is 0.857. The molecule has 0 bridgehead atoms. The highest BCUT2D eigenvalue weighted by molar-refractivity contribution is 7.97. The third kappa shape index (κ3) is 2.64. The van der Waals surface area contributed by atoms with E-state index >= 15 is 0 Å². The fraction of sp³-hybridized carbons (Fsp3) is 0.417. The second-order valence-corrected chi connectivity index (χ2v) is 4.28. The summed E-state index contributed by atoms with van der Waals surface area (Å²) in [5, 5.41) is 9.23. The molecular formula is C12H16O5S. The molecule has 0 fully saturated rings.